The standard InChI is InChI=1S/C12H13F2N3/c1-2-8(5-10-7-15-17-16-10)9-3-4-11(13)12(14)6-9/h3-4,6-8H,2,5H2,1H3,(H,15,16,17). The van der Waals surface area contributed by atoms with Gasteiger partial charge in [0.05, 0.1) is 11.9 Å². The number of nitrogens with zero attached hydrogens (tertiary/aromatic N) is 2. The Balaban J connectivity index is 2.20. The second-order valence-electron chi connectivity index (χ2n) is 3.94. The molecule has 2 aromatic rings. The molecule has 17 heavy (non-hydrogen) atoms. The van der Waals surface area contributed by atoms with Crippen LogP contribution in [0.25, 0.3) is 0 Å². The largest absolute Gasteiger partial charge is 0.204 e. The summed E-state index contributed by atoms with van der Waals surface area (Å²) in [5, 5.41) is 10.2. The van der Waals surface area contributed by atoms with Crippen molar-refractivity contribution in [2.24, 2.45) is 0 Å². The Labute approximate surface area is 97.9 Å². The summed E-state index contributed by atoms with van der Waals surface area (Å²) in [7, 11) is 0. The zero-order valence-electron chi connectivity index (χ0n) is 9.45. The molecular weight excluding hydrogens is 224 g/mol. The summed E-state index contributed by atoms with van der Waals surface area (Å²) in [6.45, 7) is 2.01. The fourth-order valence-electron chi connectivity index (χ4n) is 1.84. The van der Waals surface area contributed by atoms with Gasteiger partial charge in [-0.05, 0) is 36.5 Å². The Morgan fingerprint density at radius 1 is 1.29 bits per heavy atom. The third-order valence-electron chi connectivity index (χ3n) is 2.83. The molecule has 1 atom stereocenters. The SMILES string of the molecule is CCC(Cc1cn[nH]n1)c1ccc(F)c(F)c1. The molecule has 2 rings (SSSR count). The van der Waals surface area contributed by atoms with Crippen molar-refractivity contribution in [3.8, 4) is 0 Å². The van der Waals surface area contributed by atoms with Crippen molar-refractivity contribution < 1.29 is 8.78 Å². The van der Waals surface area contributed by atoms with Crippen LogP contribution in [-0.2, 0) is 6.42 Å². The molecule has 0 saturated heterocycles. The molecule has 1 aromatic carbocycles. The minimum Gasteiger partial charge on any atom is -0.204 e. The molecule has 0 spiro atoms. The van der Waals surface area contributed by atoms with Crippen molar-refractivity contribution >= 4 is 0 Å². The molecule has 0 aliphatic heterocycles. The first-order chi connectivity index (χ1) is 8.20. The van der Waals surface area contributed by atoms with E-state index in [1.165, 1.54) is 6.07 Å². The van der Waals surface area contributed by atoms with Gasteiger partial charge < -0.3 is 0 Å². The lowest BCUT2D eigenvalue weighted by Crippen LogP contribution is -2.03. The van der Waals surface area contributed by atoms with Gasteiger partial charge in [-0.1, -0.05) is 13.0 Å². The maximum absolute atomic E-state index is 13.1. The van der Waals surface area contributed by atoms with Crippen molar-refractivity contribution in [1.82, 2.24) is 15.4 Å². The molecule has 1 aromatic heterocycles. The maximum Gasteiger partial charge on any atom is 0.159 e. The molecular formula is C12H13F2N3. The third-order valence-corrected chi connectivity index (χ3v) is 2.83. The lowest BCUT2D eigenvalue weighted by atomic mass is 9.92. The summed E-state index contributed by atoms with van der Waals surface area (Å²) >= 11 is 0. The second kappa shape index (κ2) is 5.03. The van der Waals surface area contributed by atoms with E-state index in [0.29, 0.717) is 6.42 Å². The molecule has 0 radical (unpaired) electrons. The summed E-state index contributed by atoms with van der Waals surface area (Å²) in [5.41, 5.74) is 1.61. The summed E-state index contributed by atoms with van der Waals surface area (Å²) in [6, 6.07) is 4.03. The molecule has 0 aliphatic carbocycles. The average Bonchev–Trinajstić information content (AvgIpc) is 2.82. The minimum atomic E-state index is -0.815. The highest BCUT2D eigenvalue weighted by atomic mass is 19.2. The highest BCUT2D eigenvalue weighted by Crippen LogP contribution is 2.24. The fraction of sp³-hybridized carbons (Fsp3) is 0.333. The molecule has 0 saturated carbocycles. The molecule has 1 heterocycles. The highest BCUT2D eigenvalue weighted by molar-refractivity contribution is 5.23. The van der Waals surface area contributed by atoms with Gasteiger partial charge in [0, 0.05) is 0 Å². The molecule has 0 bridgehead atoms. The van der Waals surface area contributed by atoms with E-state index in [4.69, 9.17) is 0 Å². The Hall–Kier alpha value is -1.78. The van der Waals surface area contributed by atoms with Crippen LogP contribution in [0, 0.1) is 11.6 Å². The first-order valence-electron chi connectivity index (χ1n) is 5.50. The van der Waals surface area contributed by atoms with Gasteiger partial charge in [-0.2, -0.15) is 15.4 Å². The molecule has 3 nitrogen and oxygen atoms in total. The van der Waals surface area contributed by atoms with E-state index in [1.807, 2.05) is 6.92 Å². The van der Waals surface area contributed by atoms with Crippen molar-refractivity contribution in [2.75, 3.05) is 0 Å². The lowest BCUT2D eigenvalue weighted by Gasteiger charge is -2.13. The number of aromatic amines is 1. The van der Waals surface area contributed by atoms with E-state index >= 15 is 0 Å². The number of hydrogen-bond acceptors (Lipinski definition) is 2. The van der Waals surface area contributed by atoms with Crippen LogP contribution in [0.3, 0.4) is 0 Å². The number of benzene rings is 1. The van der Waals surface area contributed by atoms with Crippen LogP contribution < -0.4 is 0 Å². The Kier molecular flexibility index (Phi) is 3.46. The zero-order chi connectivity index (χ0) is 12.3. The normalized spacial score (nSPS) is 12.6. The number of nitrogens with one attached hydrogen (secondary N) is 1. The Morgan fingerprint density at radius 3 is 2.71 bits per heavy atom. The minimum absolute atomic E-state index is 0.121. The van der Waals surface area contributed by atoms with Gasteiger partial charge in [-0.15, -0.1) is 0 Å². The van der Waals surface area contributed by atoms with Crippen LogP contribution in [0.1, 0.15) is 30.5 Å². The van der Waals surface area contributed by atoms with Gasteiger partial charge in [0.25, 0.3) is 0 Å². The Bertz CT molecular complexity index is 483. The van der Waals surface area contributed by atoms with E-state index in [0.717, 1.165) is 23.7 Å². The van der Waals surface area contributed by atoms with E-state index in [-0.39, 0.29) is 5.92 Å². The number of rotatable bonds is 4. The van der Waals surface area contributed by atoms with Gasteiger partial charge >= 0.3 is 0 Å². The summed E-state index contributed by atoms with van der Waals surface area (Å²) in [6.07, 6.45) is 3.14. The van der Waals surface area contributed by atoms with Crippen LogP contribution in [0.15, 0.2) is 24.4 Å². The van der Waals surface area contributed by atoms with Crippen molar-refractivity contribution in [3.05, 3.63) is 47.3 Å². The van der Waals surface area contributed by atoms with Gasteiger partial charge in [0.1, 0.15) is 0 Å². The fourth-order valence-corrected chi connectivity index (χ4v) is 1.84. The van der Waals surface area contributed by atoms with Gasteiger partial charge in [-0.3, -0.25) is 0 Å². The van der Waals surface area contributed by atoms with E-state index in [1.54, 1.807) is 12.3 Å². The molecule has 0 aliphatic rings. The molecule has 1 unspecified atom stereocenters. The first-order valence-corrected chi connectivity index (χ1v) is 5.50. The van der Waals surface area contributed by atoms with Crippen LogP contribution in [0.4, 0.5) is 8.78 Å². The lowest BCUT2D eigenvalue weighted by molar-refractivity contribution is 0.504. The van der Waals surface area contributed by atoms with Gasteiger partial charge in [0.2, 0.25) is 0 Å². The van der Waals surface area contributed by atoms with Crippen LogP contribution in [-0.4, -0.2) is 15.4 Å². The highest BCUT2D eigenvalue weighted by Gasteiger charge is 2.14. The van der Waals surface area contributed by atoms with Gasteiger partial charge in [0.15, 0.2) is 11.6 Å². The summed E-state index contributed by atoms with van der Waals surface area (Å²) in [4.78, 5) is 0. The smallest absolute Gasteiger partial charge is 0.159 e. The molecule has 90 valence electrons. The molecule has 0 fully saturated rings. The van der Waals surface area contributed by atoms with Crippen molar-refractivity contribution in [1.29, 1.82) is 0 Å². The molecule has 0 amide bonds. The third kappa shape index (κ3) is 2.67. The summed E-state index contributed by atoms with van der Waals surface area (Å²) < 4.78 is 26.0. The number of hydrogen-bond donors (Lipinski definition) is 1. The van der Waals surface area contributed by atoms with Crippen molar-refractivity contribution in [2.45, 2.75) is 25.7 Å². The monoisotopic (exact) mass is 237 g/mol. The number of halogens is 2. The van der Waals surface area contributed by atoms with Crippen LogP contribution >= 0.6 is 0 Å². The average molecular weight is 237 g/mol. The predicted octanol–water partition coefficient (Wildman–Crippen LogP) is 2.82. The predicted molar refractivity (Wildman–Crippen MR) is 59.5 cm³/mol. The quantitative estimate of drug-likeness (QED) is 0.888. The zero-order valence-corrected chi connectivity index (χ0v) is 9.45. The maximum atomic E-state index is 13.1. The number of aromatic nitrogens is 3. The van der Waals surface area contributed by atoms with Crippen molar-refractivity contribution in [3.63, 3.8) is 0 Å². The molecule has 1 N–H and O–H groups in total. The summed E-state index contributed by atoms with van der Waals surface area (Å²) in [5.74, 6) is -1.50. The van der Waals surface area contributed by atoms with E-state index in [9.17, 15) is 8.78 Å². The van der Waals surface area contributed by atoms with Crippen LogP contribution in [0.2, 0.25) is 0 Å². The first kappa shape index (κ1) is 11.7. The van der Waals surface area contributed by atoms with Gasteiger partial charge in [-0.25, -0.2) is 8.78 Å². The second-order valence-corrected chi connectivity index (χ2v) is 3.94. The molecule has 5 heteroatoms. The Morgan fingerprint density at radius 2 is 2.12 bits per heavy atom. The van der Waals surface area contributed by atoms with E-state index < -0.39 is 11.6 Å². The van der Waals surface area contributed by atoms with E-state index in [2.05, 4.69) is 15.4 Å². The van der Waals surface area contributed by atoms with Crippen LogP contribution in [0.5, 0.6) is 0 Å². The topological polar surface area (TPSA) is 41.6 Å². The number of H-pyrrole nitrogens is 1.